The van der Waals surface area contributed by atoms with Gasteiger partial charge in [-0.15, -0.1) is 0 Å². The summed E-state index contributed by atoms with van der Waals surface area (Å²) in [7, 11) is 0. The number of hydrogen-bond acceptors (Lipinski definition) is 3. The molecule has 0 aliphatic carbocycles. The van der Waals surface area contributed by atoms with Crippen LogP contribution in [-0.2, 0) is 9.59 Å². The maximum atomic E-state index is 12.6. The van der Waals surface area contributed by atoms with Crippen LogP contribution in [0.15, 0.2) is 42.7 Å². The number of anilines is 2. The predicted molar refractivity (Wildman–Crippen MR) is 113 cm³/mol. The molecule has 2 rings (SSSR count). The molecular weight excluding hydrogens is 352 g/mol. The van der Waals surface area contributed by atoms with Crippen molar-refractivity contribution < 1.29 is 9.59 Å². The maximum Gasteiger partial charge on any atom is 0.248 e. The maximum absolute atomic E-state index is 12.6. The van der Waals surface area contributed by atoms with E-state index in [1.54, 1.807) is 36.1 Å². The highest BCUT2D eigenvalue weighted by Gasteiger charge is 2.17. The van der Waals surface area contributed by atoms with E-state index in [4.69, 9.17) is 0 Å². The van der Waals surface area contributed by atoms with Gasteiger partial charge in [0.05, 0.1) is 0 Å². The van der Waals surface area contributed by atoms with Gasteiger partial charge < -0.3 is 10.6 Å². The highest BCUT2D eigenvalue weighted by atomic mass is 16.2. The molecule has 1 aromatic heterocycles. The summed E-state index contributed by atoms with van der Waals surface area (Å²) in [6, 6.07) is 8.63. The molecule has 2 N–H and O–H groups in total. The van der Waals surface area contributed by atoms with Crippen LogP contribution in [0.2, 0.25) is 0 Å². The normalized spacial score (nSPS) is 13.0. The number of benzene rings is 1. The summed E-state index contributed by atoms with van der Waals surface area (Å²) >= 11 is 0. The first-order chi connectivity index (χ1) is 13.5. The Morgan fingerprint density at radius 1 is 1.04 bits per heavy atom. The van der Waals surface area contributed by atoms with Crippen LogP contribution in [0.5, 0.6) is 0 Å². The third-order valence-corrected chi connectivity index (χ3v) is 4.97. The monoisotopic (exact) mass is 384 g/mol. The number of hydrogen-bond donors (Lipinski definition) is 2. The standard InChI is InChI=1S/C22H32N4O2/c1-4-6-7-8-11-18(5-2)22(28)25-20-13-9-12-19(16-20)24-21(27)17(3)26-15-10-14-23-26/h9-10,12-18H,4-8,11H2,1-3H3,(H,24,27)(H,25,28). The molecule has 0 saturated carbocycles. The second kappa shape index (κ2) is 11.3. The topological polar surface area (TPSA) is 76.0 Å². The predicted octanol–water partition coefficient (Wildman–Crippen LogP) is 5.02. The van der Waals surface area contributed by atoms with Crippen molar-refractivity contribution in [3.63, 3.8) is 0 Å². The summed E-state index contributed by atoms with van der Waals surface area (Å²) in [6.07, 6.45) is 9.82. The van der Waals surface area contributed by atoms with E-state index in [-0.39, 0.29) is 17.7 Å². The zero-order valence-corrected chi connectivity index (χ0v) is 17.1. The first-order valence-electron chi connectivity index (χ1n) is 10.3. The Morgan fingerprint density at radius 3 is 2.36 bits per heavy atom. The largest absolute Gasteiger partial charge is 0.326 e. The zero-order valence-electron chi connectivity index (χ0n) is 17.1. The van der Waals surface area contributed by atoms with Crippen molar-refractivity contribution in [2.24, 2.45) is 5.92 Å². The van der Waals surface area contributed by atoms with Gasteiger partial charge in [0.2, 0.25) is 11.8 Å². The second-order valence-corrected chi connectivity index (χ2v) is 7.18. The van der Waals surface area contributed by atoms with E-state index in [0.717, 1.165) is 19.3 Å². The molecule has 2 atom stereocenters. The SMILES string of the molecule is CCCCCCC(CC)C(=O)Nc1cccc(NC(=O)C(C)n2cccn2)c1. The van der Waals surface area contributed by atoms with Gasteiger partial charge in [-0.25, -0.2) is 0 Å². The number of nitrogens with zero attached hydrogens (tertiary/aromatic N) is 2. The quantitative estimate of drug-likeness (QED) is 0.534. The molecule has 2 aromatic rings. The molecule has 0 aliphatic rings. The lowest BCUT2D eigenvalue weighted by Crippen LogP contribution is -2.24. The van der Waals surface area contributed by atoms with Crippen molar-refractivity contribution in [1.82, 2.24) is 9.78 Å². The van der Waals surface area contributed by atoms with Crippen LogP contribution < -0.4 is 10.6 Å². The van der Waals surface area contributed by atoms with Crippen molar-refractivity contribution in [1.29, 1.82) is 0 Å². The van der Waals surface area contributed by atoms with E-state index in [2.05, 4.69) is 29.6 Å². The van der Waals surface area contributed by atoms with Crippen LogP contribution in [0.25, 0.3) is 0 Å². The minimum Gasteiger partial charge on any atom is -0.326 e. The Hall–Kier alpha value is -2.63. The van der Waals surface area contributed by atoms with E-state index in [1.165, 1.54) is 19.3 Å². The average molecular weight is 385 g/mol. The molecular formula is C22H32N4O2. The highest BCUT2D eigenvalue weighted by molar-refractivity contribution is 5.96. The van der Waals surface area contributed by atoms with Gasteiger partial charge in [0.15, 0.2) is 0 Å². The minimum atomic E-state index is -0.416. The lowest BCUT2D eigenvalue weighted by molar-refractivity contribution is -0.120. The Kier molecular flexibility index (Phi) is 8.72. The summed E-state index contributed by atoms with van der Waals surface area (Å²) in [4.78, 5) is 25.0. The Labute approximate surface area is 167 Å². The highest BCUT2D eigenvalue weighted by Crippen LogP contribution is 2.20. The van der Waals surface area contributed by atoms with Crippen LogP contribution in [-0.4, -0.2) is 21.6 Å². The minimum absolute atomic E-state index is 0.0231. The van der Waals surface area contributed by atoms with E-state index >= 15 is 0 Å². The van der Waals surface area contributed by atoms with E-state index < -0.39 is 6.04 Å². The Balaban J connectivity index is 1.92. The molecule has 0 radical (unpaired) electrons. The van der Waals surface area contributed by atoms with Crippen molar-refractivity contribution >= 4 is 23.2 Å². The number of unbranched alkanes of at least 4 members (excludes halogenated alkanes) is 3. The molecule has 6 nitrogen and oxygen atoms in total. The summed E-state index contributed by atoms with van der Waals surface area (Å²) in [6.45, 7) is 6.03. The van der Waals surface area contributed by atoms with Crippen LogP contribution in [0.1, 0.15) is 65.3 Å². The van der Waals surface area contributed by atoms with Gasteiger partial charge in [0.25, 0.3) is 0 Å². The first kappa shape index (κ1) is 21.7. The fourth-order valence-corrected chi connectivity index (χ4v) is 3.13. The van der Waals surface area contributed by atoms with Crippen molar-refractivity contribution in [3.8, 4) is 0 Å². The molecule has 0 aliphatic heterocycles. The number of amides is 2. The van der Waals surface area contributed by atoms with Crippen LogP contribution in [0, 0.1) is 5.92 Å². The fraction of sp³-hybridized carbons (Fsp3) is 0.500. The zero-order chi connectivity index (χ0) is 20.4. The molecule has 2 unspecified atom stereocenters. The third kappa shape index (κ3) is 6.51. The molecule has 0 fully saturated rings. The van der Waals surface area contributed by atoms with Crippen LogP contribution >= 0.6 is 0 Å². The van der Waals surface area contributed by atoms with Gasteiger partial charge in [-0.2, -0.15) is 5.10 Å². The number of rotatable bonds is 11. The molecule has 152 valence electrons. The summed E-state index contributed by atoms with van der Waals surface area (Å²) in [5.74, 6) is -0.0862. The van der Waals surface area contributed by atoms with E-state index in [0.29, 0.717) is 11.4 Å². The lowest BCUT2D eigenvalue weighted by Gasteiger charge is -2.16. The summed E-state index contributed by atoms with van der Waals surface area (Å²) in [5, 5.41) is 9.98. The van der Waals surface area contributed by atoms with Crippen LogP contribution in [0.3, 0.4) is 0 Å². The summed E-state index contributed by atoms with van der Waals surface area (Å²) < 4.78 is 1.60. The fourth-order valence-electron chi connectivity index (χ4n) is 3.13. The first-order valence-corrected chi connectivity index (χ1v) is 10.3. The van der Waals surface area contributed by atoms with Gasteiger partial charge >= 0.3 is 0 Å². The van der Waals surface area contributed by atoms with Crippen molar-refractivity contribution in [2.75, 3.05) is 10.6 Å². The van der Waals surface area contributed by atoms with E-state index in [9.17, 15) is 9.59 Å². The molecule has 1 heterocycles. The number of carbonyl (C=O) groups is 2. The van der Waals surface area contributed by atoms with Crippen LogP contribution in [0.4, 0.5) is 11.4 Å². The lowest BCUT2D eigenvalue weighted by atomic mass is 9.97. The van der Waals surface area contributed by atoms with Gasteiger partial charge in [0.1, 0.15) is 6.04 Å². The third-order valence-electron chi connectivity index (χ3n) is 4.97. The molecule has 0 saturated heterocycles. The molecule has 28 heavy (non-hydrogen) atoms. The van der Waals surface area contributed by atoms with E-state index in [1.807, 2.05) is 18.2 Å². The number of aromatic nitrogens is 2. The molecule has 0 bridgehead atoms. The Bertz CT molecular complexity index is 743. The summed E-state index contributed by atoms with van der Waals surface area (Å²) in [5.41, 5.74) is 1.35. The van der Waals surface area contributed by atoms with Gasteiger partial charge in [-0.05, 0) is 44.0 Å². The second-order valence-electron chi connectivity index (χ2n) is 7.18. The van der Waals surface area contributed by atoms with Gasteiger partial charge in [0, 0.05) is 29.7 Å². The number of nitrogens with one attached hydrogen (secondary N) is 2. The molecule has 0 spiro atoms. The Morgan fingerprint density at radius 2 is 1.75 bits per heavy atom. The number of carbonyl (C=O) groups excluding carboxylic acids is 2. The molecule has 1 aromatic carbocycles. The van der Waals surface area contributed by atoms with Crippen molar-refractivity contribution in [3.05, 3.63) is 42.7 Å². The van der Waals surface area contributed by atoms with Gasteiger partial charge in [-0.1, -0.05) is 45.6 Å². The van der Waals surface area contributed by atoms with Gasteiger partial charge in [-0.3, -0.25) is 14.3 Å². The average Bonchev–Trinajstić information content (AvgIpc) is 3.22. The smallest absolute Gasteiger partial charge is 0.248 e. The molecule has 2 amide bonds. The molecule has 6 heteroatoms. The van der Waals surface area contributed by atoms with Crippen molar-refractivity contribution in [2.45, 2.75) is 65.3 Å².